The van der Waals surface area contributed by atoms with E-state index in [-0.39, 0.29) is 0 Å². The summed E-state index contributed by atoms with van der Waals surface area (Å²) in [6.07, 6.45) is 11.2. The molecule has 0 radical (unpaired) electrons. The van der Waals surface area contributed by atoms with Crippen LogP contribution in [0, 0.1) is 10.5 Å². The van der Waals surface area contributed by atoms with E-state index >= 15 is 0 Å². The van der Waals surface area contributed by atoms with E-state index in [0.29, 0.717) is 0 Å². The summed E-state index contributed by atoms with van der Waals surface area (Å²) in [6.45, 7) is 12.5. The molecule has 6 nitrogen and oxygen atoms in total. The highest BCUT2D eigenvalue weighted by atomic mass is 32.2. The molecule has 0 saturated heterocycles. The Morgan fingerprint density at radius 2 is 0.639 bits per heavy atom. The number of rotatable bonds is 22. The first-order chi connectivity index (χ1) is 17.0. The quantitative estimate of drug-likeness (QED) is 0.0942. The first kappa shape index (κ1) is 35.8. The van der Waals surface area contributed by atoms with Crippen LogP contribution in [0.25, 0.3) is 0 Å². The Hall–Kier alpha value is -0.186. The van der Waals surface area contributed by atoms with E-state index in [0.717, 1.165) is 113 Å². The summed E-state index contributed by atoms with van der Waals surface area (Å²) in [7, 11) is -13.8. The molecule has 0 aliphatic heterocycles. The summed E-state index contributed by atoms with van der Waals surface area (Å²) in [4.78, 5) is 0. The van der Waals surface area contributed by atoms with Crippen molar-refractivity contribution in [2.45, 2.75) is 155 Å². The molecule has 214 valence electrons. The Morgan fingerprint density at radius 3 is 0.806 bits per heavy atom. The van der Waals surface area contributed by atoms with Crippen molar-refractivity contribution in [3.05, 3.63) is 0 Å². The lowest BCUT2D eigenvalue weighted by Gasteiger charge is -2.30. The van der Waals surface area contributed by atoms with Crippen molar-refractivity contribution in [1.29, 1.82) is 0 Å². The Bertz CT molecular complexity index is 736. The molecule has 0 aromatic carbocycles. The van der Waals surface area contributed by atoms with Gasteiger partial charge in [0.2, 0.25) is 16.6 Å². The SMILES string of the molecule is CCCC[Si](CCCC)(CCCC)OS(=O)(=O)C#CS(=O)(=O)O[Si](CCCC)(CCCC)CCCC. The van der Waals surface area contributed by atoms with Crippen LogP contribution >= 0.6 is 0 Å². The smallest absolute Gasteiger partial charge is 0.305 e. The van der Waals surface area contributed by atoms with Gasteiger partial charge in [0.1, 0.15) is 0 Å². The fourth-order valence-electron chi connectivity index (χ4n) is 4.60. The maximum absolute atomic E-state index is 13.0. The van der Waals surface area contributed by atoms with Crippen molar-refractivity contribution in [2.24, 2.45) is 0 Å². The molecule has 0 aromatic rings. The van der Waals surface area contributed by atoms with Crippen molar-refractivity contribution < 1.29 is 24.6 Å². The fraction of sp³-hybridized carbons (Fsp3) is 0.923. The lowest BCUT2D eigenvalue weighted by molar-refractivity contribution is 0.473. The third-order valence-corrected chi connectivity index (χ3v) is 19.8. The summed E-state index contributed by atoms with van der Waals surface area (Å²) >= 11 is 0. The van der Waals surface area contributed by atoms with Crippen molar-refractivity contribution in [2.75, 3.05) is 0 Å². The third kappa shape index (κ3) is 15.3. The second-order valence-electron chi connectivity index (χ2n) is 10.3. The first-order valence-electron chi connectivity index (χ1n) is 14.4. The summed E-state index contributed by atoms with van der Waals surface area (Å²) in [5, 5.41) is 4.04. The molecule has 0 aliphatic carbocycles. The van der Waals surface area contributed by atoms with Gasteiger partial charge in [0, 0.05) is 0 Å². The molecule has 0 N–H and O–H groups in total. The van der Waals surface area contributed by atoms with E-state index in [9.17, 15) is 16.8 Å². The van der Waals surface area contributed by atoms with Crippen LogP contribution in [-0.2, 0) is 28.0 Å². The molecule has 0 atom stereocenters. The number of unbranched alkanes of at least 4 members (excludes halogenated alkanes) is 6. The summed E-state index contributed by atoms with van der Waals surface area (Å²) in [5.74, 6) is 0. The average Bonchev–Trinajstić information content (AvgIpc) is 2.84. The van der Waals surface area contributed by atoms with Gasteiger partial charge in [-0.25, -0.2) is 0 Å². The van der Waals surface area contributed by atoms with E-state index in [1.165, 1.54) is 0 Å². The van der Waals surface area contributed by atoms with Gasteiger partial charge >= 0.3 is 20.2 Å². The monoisotopic (exact) mass is 582 g/mol. The minimum atomic E-state index is -4.31. The van der Waals surface area contributed by atoms with Crippen molar-refractivity contribution >= 4 is 36.9 Å². The standard InChI is InChI=1S/C26H54O6S2Si2/c1-7-13-21-35(22-14-8-2,23-15-9-3)31-33(27,28)19-20-34(29,30)32-36(24-16-10-4,25-17-11-5)26-18-12-6/h7-18,21-26H2,1-6H3. The van der Waals surface area contributed by atoms with E-state index < -0.39 is 36.9 Å². The fourth-order valence-corrected chi connectivity index (χ4v) is 19.0. The van der Waals surface area contributed by atoms with E-state index in [2.05, 4.69) is 41.5 Å². The summed E-state index contributed by atoms with van der Waals surface area (Å²) in [5.41, 5.74) is 0. The van der Waals surface area contributed by atoms with Crippen LogP contribution in [0.3, 0.4) is 0 Å². The van der Waals surface area contributed by atoms with Crippen LogP contribution in [0.15, 0.2) is 0 Å². The molecule has 10 heteroatoms. The molecule has 0 saturated carbocycles. The Morgan fingerprint density at radius 1 is 0.444 bits per heavy atom. The molecule has 0 unspecified atom stereocenters. The molecule has 0 fully saturated rings. The maximum atomic E-state index is 13.0. The third-order valence-electron chi connectivity index (χ3n) is 6.78. The molecule has 0 heterocycles. The predicted molar refractivity (Wildman–Crippen MR) is 158 cm³/mol. The van der Waals surface area contributed by atoms with Crippen molar-refractivity contribution in [3.63, 3.8) is 0 Å². The van der Waals surface area contributed by atoms with Gasteiger partial charge < -0.3 is 7.74 Å². The highest BCUT2D eigenvalue weighted by molar-refractivity contribution is 7.96. The molecular weight excluding hydrogens is 529 g/mol. The van der Waals surface area contributed by atoms with Crippen molar-refractivity contribution in [3.8, 4) is 10.5 Å². The van der Waals surface area contributed by atoms with Crippen molar-refractivity contribution in [1.82, 2.24) is 0 Å². The molecule has 0 spiro atoms. The average molecular weight is 583 g/mol. The maximum Gasteiger partial charge on any atom is 0.329 e. The van der Waals surface area contributed by atoms with Crippen LogP contribution in [0.4, 0.5) is 0 Å². The zero-order valence-corrected chi connectivity index (χ0v) is 27.6. The van der Waals surface area contributed by atoms with E-state index in [4.69, 9.17) is 7.74 Å². The first-order valence-corrected chi connectivity index (χ1v) is 22.3. The van der Waals surface area contributed by atoms with E-state index in [1.54, 1.807) is 0 Å². The minimum Gasteiger partial charge on any atom is -0.305 e. The molecule has 0 amide bonds. The molecular formula is C26H54O6S2Si2. The van der Waals surface area contributed by atoms with Crippen LogP contribution in [0.2, 0.25) is 36.3 Å². The number of hydrogen-bond donors (Lipinski definition) is 0. The Kier molecular flexibility index (Phi) is 18.9. The minimum absolute atomic E-state index is 0.759. The molecule has 36 heavy (non-hydrogen) atoms. The van der Waals surface area contributed by atoms with Gasteiger partial charge in [-0.05, 0) is 36.3 Å². The van der Waals surface area contributed by atoms with Gasteiger partial charge in [-0.2, -0.15) is 16.8 Å². The summed E-state index contributed by atoms with van der Waals surface area (Å²) < 4.78 is 63.7. The lowest BCUT2D eigenvalue weighted by atomic mass is 10.4. The van der Waals surface area contributed by atoms with Gasteiger partial charge in [0.05, 0.1) is 10.5 Å². The van der Waals surface area contributed by atoms with Gasteiger partial charge in [-0.3, -0.25) is 0 Å². The van der Waals surface area contributed by atoms with Crippen LogP contribution < -0.4 is 0 Å². The Balaban J connectivity index is 6.01. The zero-order valence-electron chi connectivity index (χ0n) is 24.0. The van der Waals surface area contributed by atoms with Gasteiger partial charge in [-0.15, -0.1) is 0 Å². The van der Waals surface area contributed by atoms with Crippen LogP contribution in [-0.4, -0.2) is 33.5 Å². The lowest BCUT2D eigenvalue weighted by Crippen LogP contribution is -2.40. The second kappa shape index (κ2) is 19.0. The normalized spacial score (nSPS) is 12.9. The Labute approximate surface area is 226 Å². The topological polar surface area (TPSA) is 86.7 Å². The summed E-state index contributed by atoms with van der Waals surface area (Å²) in [6, 6.07) is 4.55. The highest BCUT2D eigenvalue weighted by Crippen LogP contribution is 2.33. The predicted octanol–water partition coefficient (Wildman–Crippen LogP) is 8.29. The van der Waals surface area contributed by atoms with Gasteiger partial charge in [0.25, 0.3) is 0 Å². The second-order valence-corrected chi connectivity index (χ2v) is 21.6. The highest BCUT2D eigenvalue weighted by Gasteiger charge is 2.39. The zero-order chi connectivity index (χ0) is 27.6. The van der Waals surface area contributed by atoms with Crippen LogP contribution in [0.5, 0.6) is 0 Å². The van der Waals surface area contributed by atoms with E-state index in [1.807, 2.05) is 10.5 Å². The van der Waals surface area contributed by atoms with Gasteiger partial charge in [-0.1, -0.05) is 119 Å². The largest absolute Gasteiger partial charge is 0.329 e. The molecule has 0 bridgehead atoms. The van der Waals surface area contributed by atoms with Gasteiger partial charge in [0.15, 0.2) is 0 Å². The molecule has 0 aliphatic rings. The number of hydrogen-bond acceptors (Lipinski definition) is 6. The van der Waals surface area contributed by atoms with Crippen LogP contribution in [0.1, 0.15) is 119 Å². The molecule has 0 rings (SSSR count). The molecule has 0 aromatic heterocycles.